The minimum Gasteiger partial charge on any atom is -0.486 e. The van der Waals surface area contributed by atoms with Crippen LogP contribution in [0.4, 0.5) is 5.82 Å². The number of rotatable bonds is 2. The zero-order chi connectivity index (χ0) is 13.4. The van der Waals surface area contributed by atoms with Crippen molar-refractivity contribution in [1.82, 2.24) is 9.97 Å². The molecular formula is C13H14ClN3O2. The van der Waals surface area contributed by atoms with Crippen molar-refractivity contribution in [3.05, 3.63) is 17.4 Å². The number of nitrogens with zero attached hydrogens (tertiary/aromatic N) is 3. The smallest absolute Gasteiger partial charge is 0.224 e. The Morgan fingerprint density at radius 1 is 1.21 bits per heavy atom. The lowest BCUT2D eigenvalue weighted by Gasteiger charge is -2.21. The van der Waals surface area contributed by atoms with Crippen molar-refractivity contribution >= 4 is 28.3 Å². The molecule has 100 valence electrons. The third-order valence-corrected chi connectivity index (χ3v) is 3.32. The highest BCUT2D eigenvalue weighted by Crippen LogP contribution is 2.37. The van der Waals surface area contributed by atoms with E-state index in [2.05, 4.69) is 16.9 Å². The first kappa shape index (κ1) is 12.3. The van der Waals surface area contributed by atoms with E-state index in [0.29, 0.717) is 19.0 Å². The number of hydrogen-bond acceptors (Lipinski definition) is 5. The molecule has 1 aromatic heterocycles. The molecule has 3 rings (SSSR count). The van der Waals surface area contributed by atoms with Gasteiger partial charge in [-0.1, -0.05) is 0 Å². The van der Waals surface area contributed by atoms with E-state index in [1.54, 1.807) is 0 Å². The normalized spacial score (nSPS) is 13.6. The fourth-order valence-electron chi connectivity index (χ4n) is 2.06. The van der Waals surface area contributed by atoms with Crippen LogP contribution in [0.5, 0.6) is 11.5 Å². The van der Waals surface area contributed by atoms with Gasteiger partial charge in [-0.05, 0) is 24.6 Å². The third-order valence-electron chi connectivity index (χ3n) is 3.15. The second-order valence-corrected chi connectivity index (χ2v) is 4.68. The maximum atomic E-state index is 5.99. The zero-order valence-corrected chi connectivity index (χ0v) is 11.6. The van der Waals surface area contributed by atoms with Crippen LogP contribution >= 0.6 is 11.6 Å². The van der Waals surface area contributed by atoms with E-state index in [4.69, 9.17) is 21.1 Å². The lowest BCUT2D eigenvalue weighted by Crippen LogP contribution is -2.19. The molecular weight excluding hydrogens is 266 g/mol. The SMILES string of the molecule is CCN(C)c1nc(Cl)nc2cc3c(cc12)OCCO3. The maximum Gasteiger partial charge on any atom is 0.224 e. The van der Waals surface area contributed by atoms with Gasteiger partial charge in [0.25, 0.3) is 0 Å². The summed E-state index contributed by atoms with van der Waals surface area (Å²) in [5.74, 6) is 2.24. The second kappa shape index (κ2) is 4.74. The lowest BCUT2D eigenvalue weighted by molar-refractivity contribution is 0.172. The van der Waals surface area contributed by atoms with E-state index in [1.165, 1.54) is 0 Å². The van der Waals surface area contributed by atoms with Gasteiger partial charge in [0.15, 0.2) is 11.5 Å². The third kappa shape index (κ3) is 2.14. The van der Waals surface area contributed by atoms with Crippen LogP contribution in [-0.2, 0) is 0 Å². The van der Waals surface area contributed by atoms with Crippen LogP contribution in [0.1, 0.15) is 6.92 Å². The highest BCUT2D eigenvalue weighted by Gasteiger charge is 2.17. The monoisotopic (exact) mass is 279 g/mol. The Balaban J connectivity index is 2.25. The van der Waals surface area contributed by atoms with Gasteiger partial charge in [0.2, 0.25) is 5.28 Å². The Hall–Kier alpha value is -1.75. The summed E-state index contributed by atoms with van der Waals surface area (Å²) in [6, 6.07) is 3.77. The van der Waals surface area contributed by atoms with Gasteiger partial charge in [-0.2, -0.15) is 4.98 Å². The number of benzene rings is 1. The summed E-state index contributed by atoms with van der Waals surface area (Å²) in [4.78, 5) is 10.6. The highest BCUT2D eigenvalue weighted by atomic mass is 35.5. The molecule has 5 nitrogen and oxygen atoms in total. The van der Waals surface area contributed by atoms with Crippen LogP contribution in [0, 0.1) is 0 Å². The minimum absolute atomic E-state index is 0.236. The number of halogens is 1. The van der Waals surface area contributed by atoms with Gasteiger partial charge in [-0.25, -0.2) is 4.98 Å². The van der Waals surface area contributed by atoms with Crippen molar-refractivity contribution in [2.75, 3.05) is 31.7 Å². The molecule has 0 fully saturated rings. The molecule has 6 heteroatoms. The Kier molecular flexibility index (Phi) is 3.06. The predicted molar refractivity (Wildman–Crippen MR) is 74.5 cm³/mol. The highest BCUT2D eigenvalue weighted by molar-refractivity contribution is 6.28. The number of hydrogen-bond donors (Lipinski definition) is 0. The van der Waals surface area contributed by atoms with Gasteiger partial charge in [0, 0.05) is 25.0 Å². The van der Waals surface area contributed by atoms with E-state index < -0.39 is 0 Å². The van der Waals surface area contributed by atoms with Gasteiger partial charge in [-0.3, -0.25) is 0 Å². The van der Waals surface area contributed by atoms with Crippen molar-refractivity contribution in [3.8, 4) is 11.5 Å². The quantitative estimate of drug-likeness (QED) is 0.791. The van der Waals surface area contributed by atoms with Crippen molar-refractivity contribution in [1.29, 1.82) is 0 Å². The average Bonchev–Trinajstić information content (AvgIpc) is 2.43. The molecule has 0 N–H and O–H groups in total. The van der Waals surface area contributed by atoms with Gasteiger partial charge < -0.3 is 14.4 Å². The summed E-state index contributed by atoms with van der Waals surface area (Å²) in [5, 5.41) is 1.15. The van der Waals surface area contributed by atoms with Crippen LogP contribution < -0.4 is 14.4 Å². The van der Waals surface area contributed by atoms with E-state index in [0.717, 1.165) is 29.0 Å². The first-order chi connectivity index (χ1) is 9.19. The molecule has 0 bridgehead atoms. The summed E-state index contributed by atoms with van der Waals surface area (Å²) in [5.41, 5.74) is 0.763. The first-order valence-electron chi connectivity index (χ1n) is 6.17. The second-order valence-electron chi connectivity index (χ2n) is 4.34. The summed E-state index contributed by atoms with van der Waals surface area (Å²) < 4.78 is 11.2. The lowest BCUT2D eigenvalue weighted by atomic mass is 10.2. The van der Waals surface area contributed by atoms with Gasteiger partial charge >= 0.3 is 0 Å². The zero-order valence-electron chi connectivity index (χ0n) is 10.8. The van der Waals surface area contributed by atoms with Crippen LogP contribution in [0.2, 0.25) is 5.28 Å². The fourth-order valence-corrected chi connectivity index (χ4v) is 2.23. The van der Waals surface area contributed by atoms with E-state index in [1.807, 2.05) is 24.1 Å². The van der Waals surface area contributed by atoms with Crippen molar-refractivity contribution in [3.63, 3.8) is 0 Å². The van der Waals surface area contributed by atoms with Gasteiger partial charge in [0.1, 0.15) is 19.0 Å². The molecule has 0 amide bonds. The largest absolute Gasteiger partial charge is 0.486 e. The standard InChI is InChI=1S/C13H14ClN3O2/c1-3-17(2)12-8-6-10-11(19-5-4-18-10)7-9(8)15-13(14)16-12/h6-7H,3-5H2,1-2H3. The van der Waals surface area contributed by atoms with Gasteiger partial charge in [0.05, 0.1) is 5.52 Å². The van der Waals surface area contributed by atoms with Crippen molar-refractivity contribution in [2.45, 2.75) is 6.92 Å². The average molecular weight is 280 g/mol. The summed E-state index contributed by atoms with van der Waals surface area (Å²) in [6.45, 7) is 4.00. The van der Waals surface area contributed by atoms with Crippen LogP contribution in [0.25, 0.3) is 10.9 Å². The Labute approximate surface area is 116 Å². The number of anilines is 1. The molecule has 0 saturated heterocycles. The summed E-state index contributed by atoms with van der Waals surface area (Å²) in [6.07, 6.45) is 0. The minimum atomic E-state index is 0.236. The topological polar surface area (TPSA) is 47.5 Å². The molecule has 2 aromatic rings. The fraction of sp³-hybridized carbons (Fsp3) is 0.385. The number of fused-ring (bicyclic) bond motifs is 2. The van der Waals surface area contributed by atoms with Crippen LogP contribution in [0.3, 0.4) is 0 Å². The number of aromatic nitrogens is 2. The number of ether oxygens (including phenoxy) is 2. The maximum absolute atomic E-state index is 5.99. The molecule has 1 aliphatic rings. The van der Waals surface area contributed by atoms with Crippen LogP contribution in [0.15, 0.2) is 12.1 Å². The molecule has 2 heterocycles. The van der Waals surface area contributed by atoms with Gasteiger partial charge in [-0.15, -0.1) is 0 Å². The summed E-state index contributed by atoms with van der Waals surface area (Å²) >= 11 is 5.99. The Bertz CT molecular complexity index is 633. The predicted octanol–water partition coefficient (Wildman–Crippen LogP) is 2.51. The van der Waals surface area contributed by atoms with Crippen molar-refractivity contribution < 1.29 is 9.47 Å². The molecule has 0 aliphatic carbocycles. The molecule has 1 aromatic carbocycles. The van der Waals surface area contributed by atoms with Crippen LogP contribution in [-0.4, -0.2) is 36.8 Å². The summed E-state index contributed by atoms with van der Waals surface area (Å²) in [7, 11) is 1.97. The van der Waals surface area contributed by atoms with E-state index in [9.17, 15) is 0 Å². The molecule has 0 atom stereocenters. The molecule has 19 heavy (non-hydrogen) atoms. The molecule has 0 saturated carbocycles. The first-order valence-corrected chi connectivity index (χ1v) is 6.55. The van der Waals surface area contributed by atoms with Crippen molar-refractivity contribution in [2.24, 2.45) is 0 Å². The molecule has 0 spiro atoms. The Morgan fingerprint density at radius 2 is 1.89 bits per heavy atom. The van der Waals surface area contributed by atoms with E-state index >= 15 is 0 Å². The molecule has 0 unspecified atom stereocenters. The van der Waals surface area contributed by atoms with E-state index in [-0.39, 0.29) is 5.28 Å². The molecule has 1 aliphatic heterocycles. The Morgan fingerprint density at radius 3 is 2.58 bits per heavy atom. The molecule has 0 radical (unpaired) electrons.